The van der Waals surface area contributed by atoms with Crippen molar-refractivity contribution in [2.24, 2.45) is 4.99 Å². The molecule has 0 bridgehead atoms. The molecule has 32 heavy (non-hydrogen) atoms. The molecular formula is C24H20Br2N2O4. The van der Waals surface area contributed by atoms with E-state index in [0.717, 1.165) is 42.8 Å². The van der Waals surface area contributed by atoms with E-state index in [-0.39, 0.29) is 24.8 Å². The summed E-state index contributed by atoms with van der Waals surface area (Å²) in [5, 5.41) is 14.2. The van der Waals surface area contributed by atoms with E-state index in [9.17, 15) is 5.11 Å². The number of hydrogen-bond acceptors (Lipinski definition) is 6. The minimum atomic E-state index is -0.310. The molecule has 0 radical (unpaired) electrons. The van der Waals surface area contributed by atoms with Crippen LogP contribution in [0.3, 0.4) is 0 Å². The topological polar surface area (TPSA) is 72.3 Å². The third-order valence-corrected chi connectivity index (χ3v) is 6.72. The third kappa shape index (κ3) is 4.10. The summed E-state index contributed by atoms with van der Waals surface area (Å²) in [4.78, 5) is 5.03. The first kappa shape index (κ1) is 21.3. The van der Waals surface area contributed by atoms with E-state index < -0.39 is 0 Å². The number of nitrogens with one attached hydrogen (secondary N) is 1. The predicted molar refractivity (Wildman–Crippen MR) is 129 cm³/mol. The standard InChI is InChI=1S/C24H20Br2N2O4/c1-30-21-6-3-14(8-17(21)26)24-27-18(13-2-7-22-23(9-13)32-12-31-22)11-19(28-24)16-10-15(25)4-5-20(16)29/h2-10,19,24,28-29H,11-12H2,1H3. The Labute approximate surface area is 202 Å². The third-order valence-electron chi connectivity index (χ3n) is 5.60. The second-order valence-corrected chi connectivity index (χ2v) is 9.34. The van der Waals surface area contributed by atoms with E-state index in [1.807, 2.05) is 48.5 Å². The van der Waals surface area contributed by atoms with Gasteiger partial charge in [0.25, 0.3) is 0 Å². The fourth-order valence-corrected chi connectivity index (χ4v) is 4.92. The zero-order valence-electron chi connectivity index (χ0n) is 17.1. The molecule has 2 aliphatic heterocycles. The molecule has 2 heterocycles. The highest BCUT2D eigenvalue weighted by atomic mass is 79.9. The first-order chi connectivity index (χ1) is 15.5. The van der Waals surface area contributed by atoms with Gasteiger partial charge in [-0.05, 0) is 75.6 Å². The first-order valence-electron chi connectivity index (χ1n) is 10.1. The maximum atomic E-state index is 10.6. The molecular weight excluding hydrogens is 540 g/mol. The lowest BCUT2D eigenvalue weighted by atomic mass is 9.93. The number of phenols is 1. The van der Waals surface area contributed by atoms with E-state index in [2.05, 4.69) is 37.2 Å². The van der Waals surface area contributed by atoms with Gasteiger partial charge in [0, 0.05) is 28.2 Å². The number of fused-ring (bicyclic) bond motifs is 1. The molecule has 0 aromatic heterocycles. The number of ether oxygens (including phenoxy) is 3. The van der Waals surface area contributed by atoms with E-state index in [1.54, 1.807) is 13.2 Å². The van der Waals surface area contributed by atoms with Crippen molar-refractivity contribution in [2.45, 2.75) is 18.6 Å². The van der Waals surface area contributed by atoms with Crippen LogP contribution in [0.25, 0.3) is 0 Å². The highest BCUT2D eigenvalue weighted by molar-refractivity contribution is 9.10. The van der Waals surface area contributed by atoms with E-state index in [1.165, 1.54) is 0 Å². The fourth-order valence-electron chi connectivity index (χ4n) is 3.98. The van der Waals surface area contributed by atoms with Crippen LogP contribution in [0.2, 0.25) is 0 Å². The zero-order chi connectivity index (χ0) is 22.2. The van der Waals surface area contributed by atoms with Crippen molar-refractivity contribution >= 4 is 37.6 Å². The molecule has 0 spiro atoms. The SMILES string of the molecule is COc1ccc(C2N=C(c3ccc4c(c3)OCO4)CC(c3cc(Br)ccc3O)N2)cc1Br. The number of hydrogen-bond donors (Lipinski definition) is 2. The molecule has 2 aliphatic rings. The number of benzene rings is 3. The largest absolute Gasteiger partial charge is 0.508 e. The maximum Gasteiger partial charge on any atom is 0.231 e. The summed E-state index contributed by atoms with van der Waals surface area (Å²) in [5.74, 6) is 2.45. The van der Waals surface area contributed by atoms with Crippen LogP contribution >= 0.6 is 31.9 Å². The van der Waals surface area contributed by atoms with Crippen LogP contribution in [0.5, 0.6) is 23.0 Å². The fraction of sp³-hybridized carbons (Fsp3) is 0.208. The number of aliphatic imine (C=N–C) groups is 1. The van der Waals surface area contributed by atoms with Crippen LogP contribution in [0, 0.1) is 0 Å². The summed E-state index contributed by atoms with van der Waals surface area (Å²) in [6.07, 6.45) is 0.298. The minimum Gasteiger partial charge on any atom is -0.508 e. The molecule has 2 N–H and O–H groups in total. The Morgan fingerprint density at radius 3 is 2.69 bits per heavy atom. The van der Waals surface area contributed by atoms with Crippen molar-refractivity contribution in [3.05, 3.63) is 80.2 Å². The second kappa shape index (κ2) is 8.77. The lowest BCUT2D eigenvalue weighted by Gasteiger charge is -2.31. The summed E-state index contributed by atoms with van der Waals surface area (Å²) in [6.45, 7) is 0.226. The lowest BCUT2D eigenvalue weighted by Crippen LogP contribution is -2.33. The van der Waals surface area contributed by atoms with Gasteiger partial charge in [-0.25, -0.2) is 0 Å². The molecule has 0 saturated carbocycles. The molecule has 3 aromatic rings. The van der Waals surface area contributed by atoms with Gasteiger partial charge >= 0.3 is 0 Å². The summed E-state index contributed by atoms with van der Waals surface area (Å²) in [5.41, 5.74) is 3.68. The van der Waals surface area contributed by atoms with Gasteiger partial charge in [-0.2, -0.15) is 0 Å². The first-order valence-corrected chi connectivity index (χ1v) is 11.6. The van der Waals surface area contributed by atoms with Crippen LogP contribution in [0.15, 0.2) is 68.5 Å². The van der Waals surface area contributed by atoms with Crippen molar-refractivity contribution in [2.75, 3.05) is 13.9 Å². The van der Waals surface area contributed by atoms with Crippen molar-refractivity contribution in [3.63, 3.8) is 0 Å². The number of methoxy groups -OCH3 is 1. The molecule has 0 saturated heterocycles. The Morgan fingerprint density at radius 2 is 1.88 bits per heavy atom. The Balaban J connectivity index is 1.57. The number of nitrogens with zero attached hydrogens (tertiary/aromatic N) is 1. The van der Waals surface area contributed by atoms with E-state index in [0.29, 0.717) is 12.2 Å². The lowest BCUT2D eigenvalue weighted by molar-refractivity contribution is 0.174. The van der Waals surface area contributed by atoms with Crippen LogP contribution in [0.4, 0.5) is 0 Å². The van der Waals surface area contributed by atoms with Crippen molar-refractivity contribution in [1.82, 2.24) is 5.32 Å². The molecule has 3 aromatic carbocycles. The molecule has 5 rings (SSSR count). The van der Waals surface area contributed by atoms with Gasteiger partial charge < -0.3 is 19.3 Å². The van der Waals surface area contributed by atoms with Crippen LogP contribution in [-0.2, 0) is 0 Å². The normalized spacial score (nSPS) is 19.5. The van der Waals surface area contributed by atoms with E-state index in [4.69, 9.17) is 19.2 Å². The molecule has 0 amide bonds. The summed E-state index contributed by atoms with van der Waals surface area (Å²) >= 11 is 7.09. The Morgan fingerprint density at radius 1 is 1.03 bits per heavy atom. The van der Waals surface area contributed by atoms with Gasteiger partial charge in [-0.3, -0.25) is 10.3 Å². The van der Waals surface area contributed by atoms with Crippen LogP contribution in [-0.4, -0.2) is 24.7 Å². The number of halogens is 2. The molecule has 0 aliphatic carbocycles. The van der Waals surface area contributed by atoms with Gasteiger partial charge in [0.1, 0.15) is 17.7 Å². The summed E-state index contributed by atoms with van der Waals surface area (Å²) < 4.78 is 18.2. The molecule has 2 unspecified atom stereocenters. The molecule has 164 valence electrons. The average molecular weight is 560 g/mol. The second-order valence-electron chi connectivity index (χ2n) is 7.57. The zero-order valence-corrected chi connectivity index (χ0v) is 20.3. The van der Waals surface area contributed by atoms with Gasteiger partial charge in [0.2, 0.25) is 6.79 Å². The summed E-state index contributed by atoms with van der Waals surface area (Å²) in [6, 6.07) is 17.1. The smallest absolute Gasteiger partial charge is 0.231 e. The predicted octanol–water partition coefficient (Wildman–Crippen LogP) is 5.88. The molecule has 6 nitrogen and oxygen atoms in total. The van der Waals surface area contributed by atoms with Crippen LogP contribution < -0.4 is 19.5 Å². The monoisotopic (exact) mass is 558 g/mol. The van der Waals surface area contributed by atoms with Gasteiger partial charge in [-0.1, -0.05) is 22.0 Å². The maximum absolute atomic E-state index is 10.6. The Bertz CT molecular complexity index is 1210. The van der Waals surface area contributed by atoms with Crippen molar-refractivity contribution < 1.29 is 19.3 Å². The number of aromatic hydroxyl groups is 1. The van der Waals surface area contributed by atoms with Crippen LogP contribution in [0.1, 0.15) is 35.3 Å². The highest BCUT2D eigenvalue weighted by Crippen LogP contribution is 2.39. The Hall–Kier alpha value is -2.55. The highest BCUT2D eigenvalue weighted by Gasteiger charge is 2.29. The average Bonchev–Trinajstić information content (AvgIpc) is 3.28. The van der Waals surface area contributed by atoms with Gasteiger partial charge in [0.05, 0.1) is 11.6 Å². The Kier molecular flexibility index (Phi) is 5.84. The molecule has 0 fully saturated rings. The van der Waals surface area contributed by atoms with E-state index >= 15 is 0 Å². The van der Waals surface area contributed by atoms with Gasteiger partial charge in [-0.15, -0.1) is 0 Å². The minimum absolute atomic E-state index is 0.142. The van der Waals surface area contributed by atoms with Gasteiger partial charge in [0.15, 0.2) is 11.5 Å². The number of phenolic OH excluding ortho intramolecular Hbond substituents is 1. The van der Waals surface area contributed by atoms with Crippen molar-refractivity contribution in [1.29, 1.82) is 0 Å². The summed E-state index contributed by atoms with van der Waals surface area (Å²) in [7, 11) is 1.64. The quantitative estimate of drug-likeness (QED) is 0.418. The number of rotatable bonds is 4. The molecule has 8 heteroatoms. The van der Waals surface area contributed by atoms with Crippen molar-refractivity contribution in [3.8, 4) is 23.0 Å². The molecule has 2 atom stereocenters.